The number of hydrogen-bond acceptors (Lipinski definition) is 2. The Bertz CT molecular complexity index is 383. The molecule has 1 aliphatic rings. The predicted molar refractivity (Wildman–Crippen MR) is 80.6 cm³/mol. The van der Waals surface area contributed by atoms with Crippen molar-refractivity contribution in [3.8, 4) is 0 Å². The molecule has 4 heteroatoms. The molecule has 108 valence electrons. The van der Waals surface area contributed by atoms with E-state index in [0.717, 1.165) is 17.5 Å². The molecule has 0 spiro atoms. The highest BCUT2D eigenvalue weighted by Crippen LogP contribution is 2.43. The standard InChI is InChI=1S/C15H26ClN3/c1-4-5-11-6-7-12(9-17-2)13(8-11)15-14(16)10-18-19(15)3/h10-13,17H,4-9H2,1-3H3. The lowest BCUT2D eigenvalue weighted by molar-refractivity contribution is 0.216. The average Bonchev–Trinajstić information content (AvgIpc) is 2.72. The Balaban J connectivity index is 2.20. The minimum atomic E-state index is 0.553. The van der Waals surface area contributed by atoms with Crippen LogP contribution in [0.15, 0.2) is 6.20 Å². The van der Waals surface area contributed by atoms with Crippen LogP contribution in [0.2, 0.25) is 5.02 Å². The topological polar surface area (TPSA) is 29.9 Å². The number of rotatable bonds is 5. The van der Waals surface area contributed by atoms with Gasteiger partial charge in [0.1, 0.15) is 0 Å². The van der Waals surface area contributed by atoms with Crippen molar-refractivity contribution in [2.75, 3.05) is 13.6 Å². The van der Waals surface area contributed by atoms with E-state index >= 15 is 0 Å². The molecule has 1 aromatic rings. The second kappa shape index (κ2) is 6.76. The molecular formula is C15H26ClN3. The maximum absolute atomic E-state index is 6.36. The van der Waals surface area contributed by atoms with Crippen LogP contribution >= 0.6 is 11.6 Å². The van der Waals surface area contributed by atoms with Gasteiger partial charge in [-0.05, 0) is 38.3 Å². The number of hydrogen-bond donors (Lipinski definition) is 1. The fourth-order valence-corrected chi connectivity index (χ4v) is 3.98. The van der Waals surface area contributed by atoms with Gasteiger partial charge in [0.15, 0.2) is 0 Å². The van der Waals surface area contributed by atoms with E-state index in [9.17, 15) is 0 Å². The summed E-state index contributed by atoms with van der Waals surface area (Å²) in [5, 5.41) is 8.50. The van der Waals surface area contributed by atoms with E-state index in [-0.39, 0.29) is 0 Å². The van der Waals surface area contributed by atoms with Gasteiger partial charge in [0.25, 0.3) is 0 Å². The molecule has 0 aliphatic heterocycles. The summed E-state index contributed by atoms with van der Waals surface area (Å²) in [5.74, 6) is 2.10. The Kier molecular flexibility index (Phi) is 5.28. The van der Waals surface area contributed by atoms with Crippen LogP contribution in [0.4, 0.5) is 0 Å². The molecule has 0 saturated heterocycles. The monoisotopic (exact) mass is 283 g/mol. The lowest BCUT2D eigenvalue weighted by atomic mass is 9.71. The molecule has 1 fully saturated rings. The van der Waals surface area contributed by atoms with E-state index in [2.05, 4.69) is 17.3 Å². The lowest BCUT2D eigenvalue weighted by Gasteiger charge is -2.36. The Morgan fingerprint density at radius 3 is 2.84 bits per heavy atom. The molecule has 1 N–H and O–H groups in total. The Hall–Kier alpha value is -0.540. The second-order valence-corrected chi connectivity index (χ2v) is 6.30. The Morgan fingerprint density at radius 2 is 2.26 bits per heavy atom. The zero-order chi connectivity index (χ0) is 13.8. The van der Waals surface area contributed by atoms with Crippen molar-refractivity contribution in [1.29, 1.82) is 0 Å². The highest BCUT2D eigenvalue weighted by molar-refractivity contribution is 6.31. The van der Waals surface area contributed by atoms with Crippen LogP contribution in [0.3, 0.4) is 0 Å². The first-order valence-corrected chi connectivity index (χ1v) is 7.87. The van der Waals surface area contributed by atoms with Gasteiger partial charge in [-0.25, -0.2) is 0 Å². The summed E-state index contributed by atoms with van der Waals surface area (Å²) in [5.41, 5.74) is 1.24. The molecule has 1 heterocycles. The van der Waals surface area contributed by atoms with Crippen LogP contribution in [0, 0.1) is 11.8 Å². The third kappa shape index (κ3) is 3.32. The fraction of sp³-hybridized carbons (Fsp3) is 0.800. The average molecular weight is 284 g/mol. The third-order valence-electron chi connectivity index (χ3n) is 4.55. The lowest BCUT2D eigenvalue weighted by Crippen LogP contribution is -2.31. The molecule has 19 heavy (non-hydrogen) atoms. The van der Waals surface area contributed by atoms with Crippen LogP contribution in [0.5, 0.6) is 0 Å². The summed E-state index contributed by atoms with van der Waals surface area (Å²) in [7, 11) is 4.06. The molecular weight excluding hydrogens is 258 g/mol. The third-order valence-corrected chi connectivity index (χ3v) is 4.85. The number of aryl methyl sites for hydroxylation is 1. The molecule has 1 saturated carbocycles. The van der Waals surface area contributed by atoms with Gasteiger partial charge in [0, 0.05) is 13.0 Å². The van der Waals surface area contributed by atoms with Crippen molar-refractivity contribution in [2.24, 2.45) is 18.9 Å². The zero-order valence-electron chi connectivity index (χ0n) is 12.3. The first-order valence-electron chi connectivity index (χ1n) is 7.49. The van der Waals surface area contributed by atoms with Gasteiger partial charge >= 0.3 is 0 Å². The quantitative estimate of drug-likeness (QED) is 0.895. The summed E-state index contributed by atoms with van der Waals surface area (Å²) >= 11 is 6.36. The van der Waals surface area contributed by atoms with Crippen LogP contribution in [-0.4, -0.2) is 23.4 Å². The SMILES string of the molecule is CCCC1CCC(CNC)C(c2c(Cl)cnn2C)C1. The molecule has 0 amide bonds. The fourth-order valence-electron chi connectivity index (χ4n) is 3.67. The highest BCUT2D eigenvalue weighted by Gasteiger charge is 2.33. The summed E-state index contributed by atoms with van der Waals surface area (Å²) < 4.78 is 1.98. The van der Waals surface area contributed by atoms with Gasteiger partial charge in [-0.2, -0.15) is 5.10 Å². The molecule has 3 nitrogen and oxygen atoms in total. The number of nitrogens with zero attached hydrogens (tertiary/aromatic N) is 2. The van der Waals surface area contributed by atoms with Gasteiger partial charge in [-0.1, -0.05) is 37.8 Å². The summed E-state index contributed by atoms with van der Waals surface area (Å²) in [4.78, 5) is 0. The highest BCUT2D eigenvalue weighted by atomic mass is 35.5. The molecule has 0 aromatic carbocycles. The minimum Gasteiger partial charge on any atom is -0.319 e. The molecule has 3 unspecified atom stereocenters. The summed E-state index contributed by atoms with van der Waals surface area (Å²) in [6.45, 7) is 3.36. The predicted octanol–water partition coefficient (Wildman–Crippen LogP) is 3.59. The number of aromatic nitrogens is 2. The first-order chi connectivity index (χ1) is 9.17. The molecule has 2 rings (SSSR count). The Labute approximate surface area is 121 Å². The van der Waals surface area contributed by atoms with E-state index in [1.165, 1.54) is 37.8 Å². The number of halogens is 1. The van der Waals surface area contributed by atoms with Crippen LogP contribution in [0.1, 0.15) is 50.6 Å². The molecule has 1 aromatic heterocycles. The van der Waals surface area contributed by atoms with Crippen molar-refractivity contribution in [1.82, 2.24) is 15.1 Å². The molecule has 1 aliphatic carbocycles. The summed E-state index contributed by atoms with van der Waals surface area (Å²) in [6, 6.07) is 0. The largest absolute Gasteiger partial charge is 0.319 e. The van der Waals surface area contributed by atoms with Crippen LogP contribution < -0.4 is 5.32 Å². The van der Waals surface area contributed by atoms with Gasteiger partial charge in [-0.15, -0.1) is 0 Å². The Morgan fingerprint density at radius 1 is 1.47 bits per heavy atom. The van der Waals surface area contributed by atoms with Crippen molar-refractivity contribution in [3.63, 3.8) is 0 Å². The van der Waals surface area contributed by atoms with Crippen molar-refractivity contribution >= 4 is 11.6 Å². The maximum atomic E-state index is 6.36. The molecule has 3 atom stereocenters. The smallest absolute Gasteiger partial charge is 0.0820 e. The molecule has 0 bridgehead atoms. The van der Waals surface area contributed by atoms with Crippen LogP contribution in [-0.2, 0) is 7.05 Å². The minimum absolute atomic E-state index is 0.553. The second-order valence-electron chi connectivity index (χ2n) is 5.89. The van der Waals surface area contributed by atoms with E-state index in [1.807, 2.05) is 18.8 Å². The van der Waals surface area contributed by atoms with Crippen molar-refractivity contribution < 1.29 is 0 Å². The van der Waals surface area contributed by atoms with E-state index in [4.69, 9.17) is 11.6 Å². The first kappa shape index (κ1) is 14.9. The van der Waals surface area contributed by atoms with Crippen molar-refractivity contribution in [2.45, 2.75) is 44.9 Å². The van der Waals surface area contributed by atoms with Gasteiger partial charge in [0.05, 0.1) is 16.9 Å². The van der Waals surface area contributed by atoms with Crippen LogP contribution in [0.25, 0.3) is 0 Å². The van der Waals surface area contributed by atoms with Gasteiger partial charge in [-0.3, -0.25) is 4.68 Å². The van der Waals surface area contributed by atoms with Crippen molar-refractivity contribution in [3.05, 3.63) is 16.9 Å². The van der Waals surface area contributed by atoms with Gasteiger partial charge in [0.2, 0.25) is 0 Å². The molecule has 0 radical (unpaired) electrons. The van der Waals surface area contributed by atoms with E-state index in [0.29, 0.717) is 11.8 Å². The normalized spacial score (nSPS) is 27.7. The van der Waals surface area contributed by atoms with Gasteiger partial charge < -0.3 is 5.32 Å². The van der Waals surface area contributed by atoms with E-state index in [1.54, 1.807) is 6.20 Å². The van der Waals surface area contributed by atoms with E-state index < -0.39 is 0 Å². The maximum Gasteiger partial charge on any atom is 0.0820 e. The summed E-state index contributed by atoms with van der Waals surface area (Å²) in [6.07, 6.45) is 8.35. The number of nitrogens with one attached hydrogen (secondary N) is 1. The zero-order valence-corrected chi connectivity index (χ0v) is 13.1.